The molecule has 7 heteroatoms. The molecule has 0 aliphatic heterocycles. The van der Waals surface area contributed by atoms with E-state index in [0.29, 0.717) is 41.7 Å². The number of likely N-dealkylation sites (N-methyl/N-ethyl adjacent to an activating group) is 1. The summed E-state index contributed by atoms with van der Waals surface area (Å²) in [6.07, 6.45) is 1.99. The molecule has 1 aromatic carbocycles. The lowest BCUT2D eigenvalue weighted by Crippen LogP contribution is -2.32. The predicted molar refractivity (Wildman–Crippen MR) is 90.6 cm³/mol. The lowest BCUT2D eigenvalue weighted by Gasteiger charge is -2.13. The third kappa shape index (κ3) is 6.03. The van der Waals surface area contributed by atoms with Gasteiger partial charge in [-0.25, -0.2) is 0 Å². The average molecular weight is 332 g/mol. The zero-order valence-corrected chi connectivity index (χ0v) is 13.9. The van der Waals surface area contributed by atoms with Gasteiger partial charge in [0.1, 0.15) is 5.75 Å². The number of hydrogen-bond donors (Lipinski definition) is 3. The fourth-order valence-corrected chi connectivity index (χ4v) is 2.05. The molecule has 0 aliphatic rings. The van der Waals surface area contributed by atoms with Crippen LogP contribution in [-0.4, -0.2) is 44.2 Å². The van der Waals surface area contributed by atoms with Crippen LogP contribution in [0.1, 0.15) is 17.3 Å². The Balaban J connectivity index is 2.77. The number of carbonyl (C=O) groups is 1. The highest BCUT2D eigenvalue weighted by Gasteiger charge is 2.15. The topological polar surface area (TPSA) is 76.4 Å². The third-order valence-corrected chi connectivity index (χ3v) is 3.63. The highest BCUT2D eigenvalue weighted by atomic mass is 35.5. The lowest BCUT2D eigenvalue weighted by atomic mass is 10.1. The molecule has 0 spiro atoms. The number of ether oxygens (including phenoxy) is 1. The summed E-state index contributed by atoms with van der Waals surface area (Å²) in [4.78, 5) is 12.2. The van der Waals surface area contributed by atoms with Crippen molar-refractivity contribution in [2.75, 3.05) is 44.0 Å². The van der Waals surface area contributed by atoms with E-state index >= 15 is 0 Å². The number of thioether (sulfide) groups is 1. The summed E-state index contributed by atoms with van der Waals surface area (Å²) in [5.74, 6) is 1.09. The fourth-order valence-electron chi connectivity index (χ4n) is 1.64. The average Bonchev–Trinajstić information content (AvgIpc) is 2.47. The molecule has 118 valence electrons. The molecule has 0 radical (unpaired) electrons. The maximum absolute atomic E-state index is 12.2. The van der Waals surface area contributed by atoms with Crippen LogP contribution in [0.25, 0.3) is 0 Å². The molecule has 1 rings (SSSR count). The molecule has 0 saturated heterocycles. The van der Waals surface area contributed by atoms with E-state index in [4.69, 9.17) is 22.1 Å². The van der Waals surface area contributed by atoms with Crippen LogP contribution in [0.3, 0.4) is 0 Å². The van der Waals surface area contributed by atoms with Gasteiger partial charge in [-0.1, -0.05) is 18.5 Å². The summed E-state index contributed by atoms with van der Waals surface area (Å²) in [6.45, 7) is 4.65. The number of rotatable bonds is 9. The van der Waals surface area contributed by atoms with E-state index in [1.165, 1.54) is 0 Å². The number of benzene rings is 1. The smallest absolute Gasteiger partial charge is 0.255 e. The number of nitrogen functional groups attached to an aromatic ring is 1. The number of anilines is 1. The molecule has 1 amide bonds. The van der Waals surface area contributed by atoms with E-state index in [2.05, 4.69) is 10.6 Å². The SMILES string of the molecule is CCNCCNC(=O)c1cc(Cl)c(N)cc1OCCSC. The molecule has 0 saturated carbocycles. The van der Waals surface area contributed by atoms with Crippen molar-refractivity contribution in [3.8, 4) is 5.75 Å². The number of hydrogen-bond acceptors (Lipinski definition) is 5. The Morgan fingerprint density at radius 1 is 1.43 bits per heavy atom. The minimum atomic E-state index is -0.214. The molecular weight excluding hydrogens is 310 g/mol. The van der Waals surface area contributed by atoms with E-state index in [1.54, 1.807) is 23.9 Å². The first-order chi connectivity index (χ1) is 10.1. The Kier molecular flexibility index (Phi) is 8.34. The van der Waals surface area contributed by atoms with E-state index in [-0.39, 0.29) is 5.91 Å². The summed E-state index contributed by atoms with van der Waals surface area (Å²) >= 11 is 7.67. The van der Waals surface area contributed by atoms with Gasteiger partial charge in [-0.2, -0.15) is 11.8 Å². The van der Waals surface area contributed by atoms with Crippen LogP contribution in [0, 0.1) is 0 Å². The van der Waals surface area contributed by atoms with Crippen molar-refractivity contribution in [1.82, 2.24) is 10.6 Å². The molecule has 0 aromatic heterocycles. The van der Waals surface area contributed by atoms with Crippen LogP contribution in [0.15, 0.2) is 12.1 Å². The van der Waals surface area contributed by atoms with Crippen molar-refractivity contribution >= 4 is 35.0 Å². The molecule has 0 fully saturated rings. The van der Waals surface area contributed by atoms with Gasteiger partial charge in [0, 0.05) is 24.9 Å². The first-order valence-corrected chi connectivity index (χ1v) is 8.57. The van der Waals surface area contributed by atoms with Crippen molar-refractivity contribution in [3.05, 3.63) is 22.7 Å². The van der Waals surface area contributed by atoms with Gasteiger partial charge in [-0.3, -0.25) is 4.79 Å². The van der Waals surface area contributed by atoms with Crippen LogP contribution in [-0.2, 0) is 0 Å². The Morgan fingerprint density at radius 3 is 2.86 bits per heavy atom. The normalized spacial score (nSPS) is 10.4. The molecule has 4 N–H and O–H groups in total. The van der Waals surface area contributed by atoms with Crippen LogP contribution in [0.4, 0.5) is 5.69 Å². The standard InChI is InChI=1S/C14H22ClN3O2S/c1-3-17-4-5-18-14(19)10-8-11(15)12(16)9-13(10)20-6-7-21-2/h8-9,17H,3-7,16H2,1-2H3,(H,18,19). The van der Waals surface area contributed by atoms with Gasteiger partial charge in [-0.05, 0) is 18.9 Å². The Labute approximate surface area is 134 Å². The minimum absolute atomic E-state index is 0.214. The highest BCUT2D eigenvalue weighted by molar-refractivity contribution is 7.98. The van der Waals surface area contributed by atoms with E-state index < -0.39 is 0 Å². The van der Waals surface area contributed by atoms with Gasteiger partial charge in [0.05, 0.1) is 22.9 Å². The number of nitrogens with one attached hydrogen (secondary N) is 2. The summed E-state index contributed by atoms with van der Waals surface area (Å²) in [5, 5.41) is 6.31. The van der Waals surface area contributed by atoms with Gasteiger partial charge < -0.3 is 21.1 Å². The molecule has 0 bridgehead atoms. The lowest BCUT2D eigenvalue weighted by molar-refractivity contribution is 0.0950. The summed E-state index contributed by atoms with van der Waals surface area (Å²) in [5.41, 5.74) is 6.59. The monoisotopic (exact) mass is 331 g/mol. The summed E-state index contributed by atoms with van der Waals surface area (Å²) in [6, 6.07) is 3.15. The molecule has 21 heavy (non-hydrogen) atoms. The van der Waals surface area contributed by atoms with Gasteiger partial charge in [0.15, 0.2) is 0 Å². The van der Waals surface area contributed by atoms with Crippen molar-refractivity contribution in [3.63, 3.8) is 0 Å². The van der Waals surface area contributed by atoms with Gasteiger partial charge >= 0.3 is 0 Å². The maximum Gasteiger partial charge on any atom is 0.255 e. The Hall–Kier alpha value is -1.11. The minimum Gasteiger partial charge on any atom is -0.492 e. The summed E-state index contributed by atoms with van der Waals surface area (Å²) in [7, 11) is 0. The molecule has 0 aliphatic carbocycles. The maximum atomic E-state index is 12.2. The highest BCUT2D eigenvalue weighted by Crippen LogP contribution is 2.29. The van der Waals surface area contributed by atoms with Gasteiger partial charge in [0.2, 0.25) is 0 Å². The molecule has 1 aromatic rings. The van der Waals surface area contributed by atoms with Crippen molar-refractivity contribution in [1.29, 1.82) is 0 Å². The molecular formula is C14H22ClN3O2S. The van der Waals surface area contributed by atoms with E-state index in [1.807, 2.05) is 13.2 Å². The van der Waals surface area contributed by atoms with Crippen LogP contribution < -0.4 is 21.1 Å². The second kappa shape index (κ2) is 9.76. The molecule has 0 atom stereocenters. The van der Waals surface area contributed by atoms with Crippen molar-refractivity contribution < 1.29 is 9.53 Å². The van der Waals surface area contributed by atoms with Crippen molar-refractivity contribution in [2.24, 2.45) is 0 Å². The Morgan fingerprint density at radius 2 is 2.19 bits per heavy atom. The number of amides is 1. The first kappa shape index (κ1) is 17.9. The second-order valence-corrected chi connectivity index (χ2v) is 5.71. The van der Waals surface area contributed by atoms with Gasteiger partial charge in [-0.15, -0.1) is 0 Å². The number of nitrogens with two attached hydrogens (primary N) is 1. The van der Waals surface area contributed by atoms with Crippen molar-refractivity contribution in [2.45, 2.75) is 6.92 Å². The number of carbonyl (C=O) groups excluding carboxylic acids is 1. The molecule has 0 heterocycles. The predicted octanol–water partition coefficient (Wildman–Crippen LogP) is 2.00. The molecule has 0 unspecified atom stereocenters. The zero-order chi connectivity index (χ0) is 15.7. The zero-order valence-electron chi connectivity index (χ0n) is 12.4. The summed E-state index contributed by atoms with van der Waals surface area (Å²) < 4.78 is 5.63. The van der Waals surface area contributed by atoms with E-state index in [0.717, 1.165) is 12.3 Å². The molecule has 5 nitrogen and oxygen atoms in total. The van der Waals surface area contributed by atoms with Gasteiger partial charge in [0.25, 0.3) is 5.91 Å². The largest absolute Gasteiger partial charge is 0.492 e. The third-order valence-electron chi connectivity index (χ3n) is 2.73. The Bertz CT molecular complexity index is 472. The van der Waals surface area contributed by atoms with Crippen LogP contribution in [0.2, 0.25) is 5.02 Å². The van der Waals surface area contributed by atoms with Crippen LogP contribution in [0.5, 0.6) is 5.75 Å². The second-order valence-electron chi connectivity index (χ2n) is 4.32. The first-order valence-electron chi connectivity index (χ1n) is 6.79. The van der Waals surface area contributed by atoms with E-state index in [9.17, 15) is 4.79 Å². The van der Waals surface area contributed by atoms with Crippen LogP contribution >= 0.6 is 23.4 Å². The quantitative estimate of drug-likeness (QED) is 0.476. The number of halogens is 1. The fraction of sp³-hybridized carbons (Fsp3) is 0.500.